The van der Waals surface area contributed by atoms with E-state index in [-0.39, 0.29) is 5.92 Å². The molecule has 0 saturated carbocycles. The van der Waals surface area contributed by atoms with Crippen LogP contribution >= 0.6 is 0 Å². The van der Waals surface area contributed by atoms with Gasteiger partial charge in [-0.25, -0.2) is 4.98 Å². The monoisotopic (exact) mass is 316 g/mol. The summed E-state index contributed by atoms with van der Waals surface area (Å²) in [7, 11) is 0. The molecule has 0 aliphatic carbocycles. The van der Waals surface area contributed by atoms with Crippen LogP contribution in [0.1, 0.15) is 45.1 Å². The molecule has 2 unspecified atom stereocenters. The average Bonchev–Trinajstić information content (AvgIpc) is 3.15. The van der Waals surface area contributed by atoms with Crippen LogP contribution in [-0.4, -0.2) is 21.0 Å². The predicted octanol–water partition coefficient (Wildman–Crippen LogP) is 4.56. The maximum atomic E-state index is 11.3. The first kappa shape index (κ1) is 18.9. The normalized spacial score (nSPS) is 12.8. The van der Waals surface area contributed by atoms with Crippen molar-refractivity contribution in [3.05, 3.63) is 54.6 Å². The van der Waals surface area contributed by atoms with E-state index in [9.17, 15) is 9.90 Å². The van der Waals surface area contributed by atoms with Gasteiger partial charge in [0.05, 0.1) is 12.2 Å². The highest BCUT2D eigenvalue weighted by Crippen LogP contribution is 2.26. The molecule has 1 aromatic carbocycles. The number of carboxylic acids is 1. The molecule has 23 heavy (non-hydrogen) atoms. The zero-order valence-electron chi connectivity index (χ0n) is 14.1. The lowest BCUT2D eigenvalue weighted by molar-refractivity contribution is -0.144. The van der Waals surface area contributed by atoms with Crippen LogP contribution in [0.2, 0.25) is 0 Å². The zero-order valence-corrected chi connectivity index (χ0v) is 14.1. The minimum atomic E-state index is -0.628. The van der Waals surface area contributed by atoms with E-state index in [4.69, 9.17) is 0 Å². The number of carboxylic acid groups (broad SMARTS) is 1. The van der Waals surface area contributed by atoms with Crippen LogP contribution in [0.4, 0.5) is 0 Å². The van der Waals surface area contributed by atoms with Gasteiger partial charge < -0.3 is 10.1 Å². The highest BCUT2D eigenvalue weighted by Gasteiger charge is 2.25. The van der Waals surface area contributed by atoms with Crippen molar-refractivity contribution in [3.8, 4) is 0 Å². The van der Waals surface area contributed by atoms with Crippen LogP contribution in [0, 0.1) is 11.8 Å². The van der Waals surface area contributed by atoms with E-state index in [1.165, 1.54) is 5.56 Å². The Hall–Kier alpha value is -2.10. The number of H-pyrrole nitrogens is 1. The first-order chi connectivity index (χ1) is 11.2. The lowest BCUT2D eigenvalue weighted by Gasteiger charge is -2.22. The van der Waals surface area contributed by atoms with E-state index in [1.807, 2.05) is 18.2 Å². The van der Waals surface area contributed by atoms with Crippen molar-refractivity contribution in [2.75, 3.05) is 0 Å². The fraction of sp³-hybridized carbons (Fsp3) is 0.474. The van der Waals surface area contributed by atoms with Crippen LogP contribution in [0.3, 0.4) is 0 Å². The van der Waals surface area contributed by atoms with Crippen LogP contribution < -0.4 is 0 Å². The SMILES string of the molecule is CCCC(C(=O)O)C(CC)CCc1ccccc1.c1c[nH]cn1. The molecular weight excluding hydrogens is 288 g/mol. The Balaban J connectivity index is 0.000000446. The fourth-order valence-electron chi connectivity index (χ4n) is 2.77. The minimum absolute atomic E-state index is 0.177. The highest BCUT2D eigenvalue weighted by atomic mass is 16.4. The highest BCUT2D eigenvalue weighted by molar-refractivity contribution is 5.70. The van der Waals surface area contributed by atoms with E-state index >= 15 is 0 Å². The third-order valence-electron chi connectivity index (χ3n) is 4.06. The maximum absolute atomic E-state index is 11.3. The second-order valence-electron chi connectivity index (χ2n) is 5.69. The molecule has 2 rings (SSSR count). The van der Waals surface area contributed by atoms with Gasteiger partial charge in [-0.05, 0) is 30.7 Å². The van der Waals surface area contributed by atoms with E-state index in [1.54, 1.807) is 18.7 Å². The number of imidazole rings is 1. The van der Waals surface area contributed by atoms with Gasteiger partial charge in [0.2, 0.25) is 0 Å². The Morgan fingerprint density at radius 2 is 1.96 bits per heavy atom. The second-order valence-corrected chi connectivity index (χ2v) is 5.69. The van der Waals surface area contributed by atoms with Crippen molar-refractivity contribution in [3.63, 3.8) is 0 Å². The number of carbonyl (C=O) groups is 1. The largest absolute Gasteiger partial charge is 0.481 e. The number of benzene rings is 1. The van der Waals surface area contributed by atoms with Gasteiger partial charge in [-0.15, -0.1) is 0 Å². The summed E-state index contributed by atoms with van der Waals surface area (Å²) in [4.78, 5) is 17.7. The summed E-state index contributed by atoms with van der Waals surface area (Å²) >= 11 is 0. The number of aromatic amines is 1. The molecule has 0 spiro atoms. The number of nitrogens with zero attached hydrogens (tertiary/aromatic N) is 1. The summed E-state index contributed by atoms with van der Waals surface area (Å²) in [5, 5.41) is 9.30. The van der Waals surface area contributed by atoms with Crippen molar-refractivity contribution in [2.45, 2.75) is 46.0 Å². The van der Waals surface area contributed by atoms with Crippen LogP contribution in [-0.2, 0) is 11.2 Å². The number of hydrogen-bond donors (Lipinski definition) is 2. The fourth-order valence-corrected chi connectivity index (χ4v) is 2.77. The van der Waals surface area contributed by atoms with Gasteiger partial charge >= 0.3 is 5.97 Å². The summed E-state index contributed by atoms with van der Waals surface area (Å²) in [5.74, 6) is -0.511. The quantitative estimate of drug-likeness (QED) is 0.750. The number of aryl methyl sites for hydroxylation is 1. The summed E-state index contributed by atoms with van der Waals surface area (Å²) in [6.07, 6.45) is 9.72. The molecule has 2 atom stereocenters. The van der Waals surface area contributed by atoms with E-state index in [2.05, 4.69) is 35.9 Å². The molecule has 1 heterocycles. The van der Waals surface area contributed by atoms with E-state index in [0.29, 0.717) is 5.92 Å². The molecule has 0 aliphatic heterocycles. The number of aliphatic carboxylic acids is 1. The minimum Gasteiger partial charge on any atom is -0.481 e. The molecule has 2 N–H and O–H groups in total. The van der Waals surface area contributed by atoms with Gasteiger partial charge in [-0.2, -0.15) is 0 Å². The average molecular weight is 316 g/mol. The van der Waals surface area contributed by atoms with Crippen LogP contribution in [0.15, 0.2) is 49.1 Å². The molecule has 126 valence electrons. The van der Waals surface area contributed by atoms with Gasteiger partial charge in [-0.1, -0.05) is 57.0 Å². The summed E-state index contributed by atoms with van der Waals surface area (Å²) in [5.41, 5.74) is 1.30. The van der Waals surface area contributed by atoms with Crippen molar-refractivity contribution >= 4 is 5.97 Å². The van der Waals surface area contributed by atoms with Crippen LogP contribution in [0.25, 0.3) is 0 Å². The molecule has 0 radical (unpaired) electrons. The van der Waals surface area contributed by atoms with Crippen LogP contribution in [0.5, 0.6) is 0 Å². The third-order valence-corrected chi connectivity index (χ3v) is 4.06. The van der Waals surface area contributed by atoms with E-state index < -0.39 is 5.97 Å². The van der Waals surface area contributed by atoms with Gasteiger partial charge in [-0.3, -0.25) is 4.79 Å². The standard InChI is InChI=1S/C16H24O2.C3H4N2/c1-3-8-15(16(17)18)14(4-2)12-11-13-9-6-5-7-10-13;1-2-5-3-4-1/h5-7,9-10,14-15H,3-4,8,11-12H2,1-2H3,(H,17,18);1-3H,(H,4,5). The molecule has 4 nitrogen and oxygen atoms in total. The molecule has 0 fully saturated rings. The van der Waals surface area contributed by atoms with Gasteiger partial charge in [0, 0.05) is 12.4 Å². The number of hydrogen-bond acceptors (Lipinski definition) is 2. The number of aromatic nitrogens is 2. The molecule has 0 aliphatic rings. The summed E-state index contributed by atoms with van der Waals surface area (Å²) in [6.45, 7) is 4.15. The molecule has 1 aromatic heterocycles. The first-order valence-electron chi connectivity index (χ1n) is 8.38. The Morgan fingerprint density at radius 1 is 1.22 bits per heavy atom. The second kappa shape index (κ2) is 11.5. The molecule has 2 aromatic rings. The summed E-state index contributed by atoms with van der Waals surface area (Å²) in [6, 6.07) is 10.3. The first-order valence-corrected chi connectivity index (χ1v) is 8.38. The lowest BCUT2D eigenvalue weighted by atomic mass is 9.82. The zero-order chi connectivity index (χ0) is 16.9. The van der Waals surface area contributed by atoms with Gasteiger partial charge in [0.1, 0.15) is 0 Å². The smallest absolute Gasteiger partial charge is 0.306 e. The molecular formula is C19H28N2O2. The predicted molar refractivity (Wildman–Crippen MR) is 93.2 cm³/mol. The Labute approximate surface area is 139 Å². The number of rotatable bonds is 8. The van der Waals surface area contributed by atoms with Crippen molar-refractivity contribution < 1.29 is 9.90 Å². The van der Waals surface area contributed by atoms with Crippen molar-refractivity contribution in [1.29, 1.82) is 0 Å². The lowest BCUT2D eigenvalue weighted by Crippen LogP contribution is -2.23. The van der Waals surface area contributed by atoms with Crippen molar-refractivity contribution in [2.24, 2.45) is 11.8 Å². The Morgan fingerprint density at radius 3 is 2.39 bits per heavy atom. The Kier molecular flexibility index (Phi) is 9.45. The number of nitrogens with one attached hydrogen (secondary N) is 1. The Bertz CT molecular complexity index is 494. The molecule has 0 amide bonds. The van der Waals surface area contributed by atoms with Gasteiger partial charge in [0.25, 0.3) is 0 Å². The third kappa shape index (κ3) is 7.63. The molecule has 0 saturated heterocycles. The molecule has 4 heteroatoms. The van der Waals surface area contributed by atoms with Gasteiger partial charge in [0.15, 0.2) is 0 Å². The van der Waals surface area contributed by atoms with Crippen molar-refractivity contribution in [1.82, 2.24) is 9.97 Å². The topological polar surface area (TPSA) is 66.0 Å². The maximum Gasteiger partial charge on any atom is 0.306 e. The molecule has 0 bridgehead atoms. The summed E-state index contributed by atoms with van der Waals surface area (Å²) < 4.78 is 0. The van der Waals surface area contributed by atoms with E-state index in [0.717, 1.165) is 32.1 Å².